The number of aromatic nitrogens is 2. The summed E-state index contributed by atoms with van der Waals surface area (Å²) in [6.07, 6.45) is 16.4. The summed E-state index contributed by atoms with van der Waals surface area (Å²) in [6, 6.07) is 0.387. The fourth-order valence-electron chi connectivity index (χ4n) is 4.47. The molecule has 2 N–H and O–H groups in total. The molecule has 20 heavy (non-hydrogen) atoms. The van der Waals surface area contributed by atoms with Crippen LogP contribution in [-0.4, -0.2) is 15.8 Å². The van der Waals surface area contributed by atoms with Gasteiger partial charge in [0.2, 0.25) is 0 Å². The number of aryl methyl sites for hydroxylation is 2. The number of nitrogens with two attached hydrogens (primary N) is 1. The van der Waals surface area contributed by atoms with Gasteiger partial charge in [0, 0.05) is 19.3 Å². The van der Waals surface area contributed by atoms with Crippen molar-refractivity contribution in [1.82, 2.24) is 9.78 Å². The summed E-state index contributed by atoms with van der Waals surface area (Å²) in [4.78, 5) is 0. The highest BCUT2D eigenvalue weighted by molar-refractivity contribution is 5.04. The first kappa shape index (κ1) is 14.1. The Morgan fingerprint density at radius 3 is 2.80 bits per heavy atom. The fourth-order valence-corrected chi connectivity index (χ4v) is 4.47. The molecule has 4 atom stereocenters. The molecule has 112 valence electrons. The number of rotatable bonds is 4. The predicted molar refractivity (Wildman–Crippen MR) is 82.3 cm³/mol. The molecular formula is C17H29N3. The summed E-state index contributed by atoms with van der Waals surface area (Å²) in [5.41, 5.74) is 7.83. The Morgan fingerprint density at radius 2 is 2.05 bits per heavy atom. The number of hydrogen-bond acceptors (Lipinski definition) is 2. The first-order chi connectivity index (χ1) is 9.72. The normalized spacial score (nSPS) is 31.8. The smallest absolute Gasteiger partial charge is 0.0521 e. The van der Waals surface area contributed by atoms with Crippen LogP contribution in [0, 0.1) is 17.8 Å². The molecule has 0 radical (unpaired) electrons. The molecule has 3 heteroatoms. The highest BCUT2D eigenvalue weighted by Crippen LogP contribution is 2.43. The highest BCUT2D eigenvalue weighted by Gasteiger charge is 2.34. The van der Waals surface area contributed by atoms with Crippen LogP contribution in [-0.2, 0) is 13.5 Å². The second-order valence-electron chi connectivity index (χ2n) is 7.10. The maximum Gasteiger partial charge on any atom is 0.0521 e. The van der Waals surface area contributed by atoms with E-state index in [1.54, 1.807) is 0 Å². The van der Waals surface area contributed by atoms with Crippen molar-refractivity contribution < 1.29 is 0 Å². The molecule has 3 nitrogen and oxygen atoms in total. The van der Waals surface area contributed by atoms with E-state index >= 15 is 0 Å². The third-order valence-corrected chi connectivity index (χ3v) is 5.71. The molecule has 1 aromatic rings. The van der Waals surface area contributed by atoms with Crippen LogP contribution in [0.15, 0.2) is 12.4 Å². The second-order valence-corrected chi connectivity index (χ2v) is 7.10. The number of nitrogens with zero attached hydrogens (tertiary/aromatic N) is 2. The molecule has 0 saturated heterocycles. The Kier molecular flexibility index (Phi) is 4.45. The van der Waals surface area contributed by atoms with Gasteiger partial charge in [-0.2, -0.15) is 5.10 Å². The van der Waals surface area contributed by atoms with E-state index in [1.807, 2.05) is 17.9 Å². The van der Waals surface area contributed by atoms with Crippen LogP contribution < -0.4 is 5.73 Å². The van der Waals surface area contributed by atoms with Crippen LogP contribution in [0.5, 0.6) is 0 Å². The molecular weight excluding hydrogens is 246 g/mol. The average molecular weight is 275 g/mol. The molecule has 0 spiro atoms. The van der Waals surface area contributed by atoms with Gasteiger partial charge in [0.05, 0.1) is 6.20 Å². The van der Waals surface area contributed by atoms with Crippen LogP contribution >= 0.6 is 0 Å². The van der Waals surface area contributed by atoms with Crippen LogP contribution in [0.1, 0.15) is 56.9 Å². The minimum absolute atomic E-state index is 0.387. The Bertz CT molecular complexity index is 426. The van der Waals surface area contributed by atoms with Gasteiger partial charge in [-0.3, -0.25) is 4.68 Å². The zero-order chi connectivity index (χ0) is 13.9. The van der Waals surface area contributed by atoms with Crippen molar-refractivity contribution >= 4 is 0 Å². The van der Waals surface area contributed by atoms with Crippen molar-refractivity contribution in [1.29, 1.82) is 0 Å². The highest BCUT2D eigenvalue weighted by atomic mass is 15.2. The number of hydrogen-bond donors (Lipinski definition) is 1. The van der Waals surface area contributed by atoms with Crippen LogP contribution in [0.4, 0.5) is 0 Å². The first-order valence-corrected chi connectivity index (χ1v) is 8.45. The third kappa shape index (κ3) is 3.25. The van der Waals surface area contributed by atoms with E-state index in [0.717, 1.165) is 30.6 Å². The van der Waals surface area contributed by atoms with Crippen LogP contribution in [0.3, 0.4) is 0 Å². The maximum absolute atomic E-state index is 6.50. The van der Waals surface area contributed by atoms with Crippen molar-refractivity contribution in [3.05, 3.63) is 18.0 Å². The molecule has 2 aliphatic rings. The Labute approximate surface area is 122 Å². The van der Waals surface area contributed by atoms with Crippen LogP contribution in [0.25, 0.3) is 0 Å². The third-order valence-electron chi connectivity index (χ3n) is 5.71. The summed E-state index contributed by atoms with van der Waals surface area (Å²) in [5, 5.41) is 4.24. The Balaban J connectivity index is 1.48. The van der Waals surface area contributed by atoms with E-state index in [2.05, 4.69) is 11.3 Å². The molecule has 2 fully saturated rings. The van der Waals surface area contributed by atoms with Gasteiger partial charge in [-0.15, -0.1) is 0 Å². The van der Waals surface area contributed by atoms with Gasteiger partial charge in [-0.25, -0.2) is 0 Å². The van der Waals surface area contributed by atoms with Crippen molar-refractivity contribution in [2.45, 2.75) is 63.8 Å². The molecule has 4 unspecified atom stereocenters. The van der Waals surface area contributed by atoms with E-state index < -0.39 is 0 Å². The van der Waals surface area contributed by atoms with Gasteiger partial charge in [-0.1, -0.05) is 25.7 Å². The quantitative estimate of drug-likeness (QED) is 0.916. The number of fused-ring (bicyclic) bond motifs is 1. The van der Waals surface area contributed by atoms with Gasteiger partial charge in [0.1, 0.15) is 0 Å². The standard InChI is InChI=1S/C17H29N3/c1-20-12-13(11-19-20)6-9-17(18)16-8-7-14-4-2-3-5-15(14)10-16/h11-12,14-17H,2-10,18H2,1H3. The monoisotopic (exact) mass is 275 g/mol. The molecule has 0 amide bonds. The molecule has 0 aliphatic heterocycles. The van der Waals surface area contributed by atoms with Crippen molar-refractivity contribution in [2.24, 2.45) is 30.5 Å². The lowest BCUT2D eigenvalue weighted by Gasteiger charge is -2.41. The van der Waals surface area contributed by atoms with Crippen molar-refractivity contribution in [3.8, 4) is 0 Å². The largest absolute Gasteiger partial charge is 0.327 e. The maximum atomic E-state index is 6.50. The fraction of sp³-hybridized carbons (Fsp3) is 0.824. The lowest BCUT2D eigenvalue weighted by Crippen LogP contribution is -2.37. The summed E-state index contributed by atoms with van der Waals surface area (Å²) in [5.74, 6) is 2.79. The lowest BCUT2D eigenvalue weighted by atomic mass is 9.66. The topological polar surface area (TPSA) is 43.8 Å². The molecule has 2 saturated carbocycles. The second kappa shape index (κ2) is 6.30. The van der Waals surface area contributed by atoms with E-state index in [0.29, 0.717) is 6.04 Å². The Hall–Kier alpha value is -0.830. The van der Waals surface area contributed by atoms with Gasteiger partial charge in [-0.05, 0) is 55.4 Å². The first-order valence-electron chi connectivity index (χ1n) is 8.45. The van der Waals surface area contributed by atoms with Gasteiger partial charge < -0.3 is 5.73 Å². The van der Waals surface area contributed by atoms with Gasteiger partial charge in [0.15, 0.2) is 0 Å². The molecule has 1 aromatic heterocycles. The predicted octanol–water partition coefficient (Wildman–Crippen LogP) is 3.29. The Morgan fingerprint density at radius 1 is 1.25 bits per heavy atom. The minimum atomic E-state index is 0.387. The summed E-state index contributed by atoms with van der Waals surface area (Å²) >= 11 is 0. The van der Waals surface area contributed by atoms with Crippen molar-refractivity contribution in [3.63, 3.8) is 0 Å². The zero-order valence-electron chi connectivity index (χ0n) is 12.8. The minimum Gasteiger partial charge on any atom is -0.327 e. The molecule has 1 heterocycles. The lowest BCUT2D eigenvalue weighted by molar-refractivity contribution is 0.115. The SMILES string of the molecule is Cn1cc(CCC(N)C2CCC3CCCCC3C2)cn1. The van der Waals surface area contributed by atoms with E-state index in [1.165, 1.54) is 50.5 Å². The molecule has 0 bridgehead atoms. The zero-order valence-corrected chi connectivity index (χ0v) is 12.8. The van der Waals surface area contributed by atoms with E-state index in [-0.39, 0.29) is 0 Å². The summed E-state index contributed by atoms with van der Waals surface area (Å²) in [7, 11) is 1.98. The molecule has 3 rings (SSSR count). The summed E-state index contributed by atoms with van der Waals surface area (Å²) in [6.45, 7) is 0. The molecule has 0 aromatic carbocycles. The van der Waals surface area contributed by atoms with Crippen LogP contribution in [0.2, 0.25) is 0 Å². The van der Waals surface area contributed by atoms with Gasteiger partial charge >= 0.3 is 0 Å². The van der Waals surface area contributed by atoms with Gasteiger partial charge in [0.25, 0.3) is 0 Å². The summed E-state index contributed by atoms with van der Waals surface area (Å²) < 4.78 is 1.88. The van der Waals surface area contributed by atoms with E-state index in [4.69, 9.17) is 5.73 Å². The molecule has 2 aliphatic carbocycles. The van der Waals surface area contributed by atoms with E-state index in [9.17, 15) is 0 Å². The van der Waals surface area contributed by atoms with Crippen molar-refractivity contribution in [2.75, 3.05) is 0 Å². The average Bonchev–Trinajstić information content (AvgIpc) is 2.90.